The number of hydrogen-bond acceptors (Lipinski definition) is 4. The average molecular weight is 303 g/mol. The number of nitrogens with zero attached hydrogens (tertiary/aromatic N) is 1. The van der Waals surface area contributed by atoms with Crippen LogP contribution in [0.5, 0.6) is 5.75 Å². The summed E-state index contributed by atoms with van der Waals surface area (Å²) in [5.41, 5.74) is 3.26. The Kier molecular flexibility index (Phi) is 3.81. The number of fused-ring (bicyclic) bond motifs is 1. The first-order valence-corrected chi connectivity index (χ1v) is 7.66. The second-order valence-electron chi connectivity index (χ2n) is 5.96. The molecule has 2 aliphatic heterocycles. The Labute approximate surface area is 130 Å². The summed E-state index contributed by atoms with van der Waals surface area (Å²) < 4.78 is 10.7. The maximum atomic E-state index is 12.3. The summed E-state index contributed by atoms with van der Waals surface area (Å²) >= 11 is 0. The molecular weight excluding hydrogens is 282 g/mol. The van der Waals surface area contributed by atoms with Gasteiger partial charge in [0.05, 0.1) is 19.8 Å². The van der Waals surface area contributed by atoms with Gasteiger partial charge in [-0.2, -0.15) is 0 Å². The summed E-state index contributed by atoms with van der Waals surface area (Å²) in [6, 6.07) is 3.47. The lowest BCUT2D eigenvalue weighted by atomic mass is 9.94. The van der Waals surface area contributed by atoms with E-state index in [-0.39, 0.29) is 17.9 Å². The summed E-state index contributed by atoms with van der Waals surface area (Å²) in [6.45, 7) is 4.63. The zero-order valence-electron chi connectivity index (χ0n) is 13.2. The van der Waals surface area contributed by atoms with Gasteiger partial charge in [0.15, 0.2) is 0 Å². The molecule has 0 spiro atoms. The van der Waals surface area contributed by atoms with E-state index in [1.807, 2.05) is 26.0 Å². The van der Waals surface area contributed by atoms with Crippen LogP contribution in [-0.4, -0.2) is 36.5 Å². The largest absolute Gasteiger partial charge is 0.493 e. The topological polar surface area (TPSA) is 55.8 Å². The van der Waals surface area contributed by atoms with Gasteiger partial charge in [-0.15, -0.1) is 0 Å². The van der Waals surface area contributed by atoms with E-state index >= 15 is 0 Å². The summed E-state index contributed by atoms with van der Waals surface area (Å²) in [5.74, 6) is 0.550. The SMILES string of the molecule is COC(=O)C1CCC(=O)N1C1CCOc2c1ccc(C)c2C. The van der Waals surface area contributed by atoms with E-state index in [0.717, 1.165) is 22.4 Å². The van der Waals surface area contributed by atoms with Crippen molar-refractivity contribution in [1.82, 2.24) is 4.90 Å². The third-order valence-electron chi connectivity index (χ3n) is 4.77. The smallest absolute Gasteiger partial charge is 0.328 e. The number of carbonyl (C=O) groups is 2. The van der Waals surface area contributed by atoms with Crippen LogP contribution in [0.25, 0.3) is 0 Å². The Morgan fingerprint density at radius 1 is 1.32 bits per heavy atom. The van der Waals surface area contributed by atoms with Gasteiger partial charge in [0, 0.05) is 18.4 Å². The molecule has 0 aliphatic carbocycles. The Balaban J connectivity index is 2.01. The second-order valence-corrected chi connectivity index (χ2v) is 5.96. The molecule has 0 bridgehead atoms. The molecule has 1 saturated heterocycles. The molecule has 0 aromatic heterocycles. The van der Waals surface area contributed by atoms with E-state index in [1.54, 1.807) is 4.90 Å². The van der Waals surface area contributed by atoms with Crippen LogP contribution in [-0.2, 0) is 14.3 Å². The number of rotatable bonds is 2. The van der Waals surface area contributed by atoms with Crippen LogP contribution in [0, 0.1) is 13.8 Å². The molecular formula is C17H21NO4. The monoisotopic (exact) mass is 303 g/mol. The number of hydrogen-bond donors (Lipinski definition) is 0. The molecule has 1 fully saturated rings. The molecule has 0 N–H and O–H groups in total. The minimum absolute atomic E-state index is 0.0199. The number of amides is 1. The molecule has 2 aliphatic rings. The average Bonchev–Trinajstić information content (AvgIpc) is 2.91. The number of benzene rings is 1. The zero-order chi connectivity index (χ0) is 15.9. The van der Waals surface area contributed by atoms with E-state index in [4.69, 9.17) is 9.47 Å². The summed E-state index contributed by atoms with van der Waals surface area (Å²) in [7, 11) is 1.37. The summed E-state index contributed by atoms with van der Waals surface area (Å²) in [6.07, 6.45) is 1.63. The predicted molar refractivity (Wildman–Crippen MR) is 80.7 cm³/mol. The first-order chi connectivity index (χ1) is 10.5. The molecule has 2 atom stereocenters. The van der Waals surface area contributed by atoms with Crippen LogP contribution in [0.4, 0.5) is 0 Å². The fourth-order valence-corrected chi connectivity index (χ4v) is 3.44. The second kappa shape index (κ2) is 5.63. The standard InChI is InChI=1S/C17H21NO4/c1-10-4-5-12-13(8-9-22-16(12)11(10)2)18-14(17(20)21-3)6-7-15(18)19/h4-5,13-14H,6-9H2,1-3H3. The first-order valence-electron chi connectivity index (χ1n) is 7.66. The fourth-order valence-electron chi connectivity index (χ4n) is 3.44. The predicted octanol–water partition coefficient (Wildman–Crippen LogP) is 2.29. The number of methoxy groups -OCH3 is 1. The van der Waals surface area contributed by atoms with Gasteiger partial charge in [-0.1, -0.05) is 12.1 Å². The molecule has 118 valence electrons. The third kappa shape index (κ3) is 2.25. The van der Waals surface area contributed by atoms with Crippen LogP contribution in [0.3, 0.4) is 0 Å². The van der Waals surface area contributed by atoms with Crippen molar-refractivity contribution >= 4 is 11.9 Å². The fraction of sp³-hybridized carbons (Fsp3) is 0.529. The van der Waals surface area contributed by atoms with Gasteiger partial charge in [-0.25, -0.2) is 4.79 Å². The molecule has 5 heteroatoms. The van der Waals surface area contributed by atoms with Crippen molar-refractivity contribution in [2.75, 3.05) is 13.7 Å². The van der Waals surface area contributed by atoms with Crippen molar-refractivity contribution in [1.29, 1.82) is 0 Å². The highest BCUT2D eigenvalue weighted by Gasteiger charge is 2.43. The normalized spacial score (nSPS) is 24.0. The minimum Gasteiger partial charge on any atom is -0.493 e. The van der Waals surface area contributed by atoms with E-state index in [2.05, 4.69) is 0 Å². The van der Waals surface area contributed by atoms with Gasteiger partial charge in [-0.3, -0.25) is 4.79 Å². The molecule has 1 aromatic carbocycles. The number of likely N-dealkylation sites (tertiary alicyclic amines) is 1. The quantitative estimate of drug-likeness (QED) is 0.787. The van der Waals surface area contributed by atoms with E-state index < -0.39 is 6.04 Å². The Bertz CT molecular complexity index is 625. The number of ether oxygens (including phenoxy) is 2. The molecule has 5 nitrogen and oxygen atoms in total. The molecule has 22 heavy (non-hydrogen) atoms. The zero-order valence-corrected chi connectivity index (χ0v) is 13.2. The van der Waals surface area contributed by atoms with E-state index in [1.165, 1.54) is 7.11 Å². The molecule has 1 amide bonds. The Hall–Kier alpha value is -2.04. The van der Waals surface area contributed by atoms with E-state index in [9.17, 15) is 9.59 Å². The maximum Gasteiger partial charge on any atom is 0.328 e. The van der Waals surface area contributed by atoms with Crippen molar-refractivity contribution in [3.05, 3.63) is 28.8 Å². The van der Waals surface area contributed by atoms with Crippen molar-refractivity contribution < 1.29 is 19.1 Å². The van der Waals surface area contributed by atoms with Crippen molar-refractivity contribution in [3.63, 3.8) is 0 Å². The van der Waals surface area contributed by atoms with Crippen LogP contribution < -0.4 is 4.74 Å². The van der Waals surface area contributed by atoms with Crippen molar-refractivity contribution in [3.8, 4) is 5.75 Å². The van der Waals surface area contributed by atoms with Gasteiger partial charge in [0.2, 0.25) is 5.91 Å². The first kappa shape index (κ1) is 14.9. The highest BCUT2D eigenvalue weighted by Crippen LogP contribution is 2.42. The summed E-state index contributed by atoms with van der Waals surface area (Å²) in [5, 5.41) is 0. The Morgan fingerprint density at radius 2 is 2.09 bits per heavy atom. The lowest BCUT2D eigenvalue weighted by molar-refractivity contribution is -0.151. The van der Waals surface area contributed by atoms with Crippen LogP contribution in [0.15, 0.2) is 12.1 Å². The third-order valence-corrected chi connectivity index (χ3v) is 4.77. The lowest BCUT2D eigenvalue weighted by Crippen LogP contribution is -2.43. The van der Waals surface area contributed by atoms with E-state index in [0.29, 0.717) is 25.9 Å². The molecule has 2 unspecified atom stereocenters. The van der Waals surface area contributed by atoms with Crippen LogP contribution in [0.2, 0.25) is 0 Å². The van der Waals surface area contributed by atoms with Crippen molar-refractivity contribution in [2.24, 2.45) is 0 Å². The number of carbonyl (C=O) groups excluding carboxylic acids is 2. The van der Waals surface area contributed by atoms with Gasteiger partial charge in [-0.05, 0) is 31.4 Å². The molecule has 0 radical (unpaired) electrons. The lowest BCUT2D eigenvalue weighted by Gasteiger charge is -2.36. The number of aryl methyl sites for hydroxylation is 1. The van der Waals surface area contributed by atoms with Gasteiger partial charge < -0.3 is 14.4 Å². The molecule has 1 aromatic rings. The highest BCUT2D eigenvalue weighted by molar-refractivity contribution is 5.88. The van der Waals surface area contributed by atoms with Gasteiger partial charge in [0.25, 0.3) is 0 Å². The van der Waals surface area contributed by atoms with Gasteiger partial charge in [0.1, 0.15) is 11.8 Å². The molecule has 2 heterocycles. The maximum absolute atomic E-state index is 12.3. The Morgan fingerprint density at radius 3 is 2.82 bits per heavy atom. The van der Waals surface area contributed by atoms with Crippen LogP contribution >= 0.6 is 0 Å². The number of esters is 1. The van der Waals surface area contributed by atoms with Crippen molar-refractivity contribution in [2.45, 2.75) is 45.2 Å². The molecule has 3 rings (SSSR count). The highest BCUT2D eigenvalue weighted by atomic mass is 16.5. The molecule has 0 saturated carbocycles. The van der Waals surface area contributed by atoms with Crippen LogP contribution in [0.1, 0.15) is 42.0 Å². The summed E-state index contributed by atoms with van der Waals surface area (Å²) in [4.78, 5) is 26.1. The van der Waals surface area contributed by atoms with Gasteiger partial charge >= 0.3 is 5.97 Å². The minimum atomic E-state index is -0.477.